The Hall–Kier alpha value is -0.650. The summed E-state index contributed by atoms with van der Waals surface area (Å²) in [4.78, 5) is 14.2. The highest BCUT2D eigenvalue weighted by Crippen LogP contribution is 2.18. The van der Waals surface area contributed by atoms with Crippen molar-refractivity contribution in [2.24, 2.45) is 0 Å². The van der Waals surface area contributed by atoms with Crippen LogP contribution in [0.5, 0.6) is 0 Å². The van der Waals surface area contributed by atoms with Crippen LogP contribution in [0.4, 0.5) is 0 Å². The zero-order valence-corrected chi connectivity index (χ0v) is 13.5. The molecule has 5 nitrogen and oxygen atoms in total. The summed E-state index contributed by atoms with van der Waals surface area (Å²) in [6.07, 6.45) is 2.11. The third-order valence-corrected chi connectivity index (χ3v) is 3.78. The molecule has 1 rings (SSSR count). The summed E-state index contributed by atoms with van der Waals surface area (Å²) < 4.78 is 10.7. The summed E-state index contributed by atoms with van der Waals surface area (Å²) in [5.41, 5.74) is 0. The molecule has 0 amide bonds. The predicted octanol–water partition coefficient (Wildman–Crippen LogP) is 1.42. The maximum Gasteiger partial charge on any atom is 0.323 e. The van der Waals surface area contributed by atoms with Crippen LogP contribution in [-0.2, 0) is 14.3 Å². The Kier molecular flexibility index (Phi) is 7.48. The van der Waals surface area contributed by atoms with Crippen molar-refractivity contribution in [2.45, 2.75) is 64.8 Å². The van der Waals surface area contributed by atoms with Gasteiger partial charge in [0, 0.05) is 25.2 Å². The maximum absolute atomic E-state index is 11.9. The Labute approximate surface area is 123 Å². The average molecular weight is 286 g/mol. The third kappa shape index (κ3) is 5.38. The van der Waals surface area contributed by atoms with Crippen molar-refractivity contribution in [3.63, 3.8) is 0 Å². The molecule has 0 bridgehead atoms. The molecule has 0 aliphatic carbocycles. The number of rotatable bonds is 8. The van der Waals surface area contributed by atoms with Crippen LogP contribution in [0, 0.1) is 0 Å². The van der Waals surface area contributed by atoms with Gasteiger partial charge in [-0.15, -0.1) is 0 Å². The molecule has 1 heterocycles. The fourth-order valence-corrected chi connectivity index (χ4v) is 2.71. The zero-order chi connectivity index (χ0) is 15.1. The van der Waals surface area contributed by atoms with Gasteiger partial charge in [-0.1, -0.05) is 13.8 Å². The number of nitrogens with zero attached hydrogens (tertiary/aromatic N) is 1. The first-order valence-corrected chi connectivity index (χ1v) is 7.70. The molecule has 20 heavy (non-hydrogen) atoms. The minimum atomic E-state index is -0.227. The fourth-order valence-electron chi connectivity index (χ4n) is 2.71. The largest absolute Gasteiger partial charge is 0.465 e. The van der Waals surface area contributed by atoms with Gasteiger partial charge in [-0.2, -0.15) is 0 Å². The van der Waals surface area contributed by atoms with Crippen LogP contribution in [0.1, 0.15) is 40.5 Å². The molecule has 1 aliphatic rings. The number of carbonyl (C=O) groups is 1. The van der Waals surface area contributed by atoms with Gasteiger partial charge in [0.1, 0.15) is 6.04 Å². The Balaban J connectivity index is 2.46. The summed E-state index contributed by atoms with van der Waals surface area (Å²) in [6, 6.07) is 0.496. The average Bonchev–Trinajstić information content (AvgIpc) is 2.80. The lowest BCUT2D eigenvalue weighted by Gasteiger charge is -2.28. The normalized spacial score (nSPS) is 24.4. The summed E-state index contributed by atoms with van der Waals surface area (Å²) >= 11 is 0. The molecule has 1 N–H and O–H groups in total. The van der Waals surface area contributed by atoms with Crippen LogP contribution >= 0.6 is 0 Å². The number of likely N-dealkylation sites (N-methyl/N-ethyl adjacent to an activating group) is 1. The van der Waals surface area contributed by atoms with E-state index in [1.165, 1.54) is 0 Å². The van der Waals surface area contributed by atoms with Crippen molar-refractivity contribution in [2.75, 3.05) is 26.8 Å². The van der Waals surface area contributed by atoms with Crippen molar-refractivity contribution >= 4 is 5.97 Å². The Morgan fingerprint density at radius 3 is 2.70 bits per heavy atom. The van der Waals surface area contributed by atoms with Crippen LogP contribution in [0.2, 0.25) is 0 Å². The van der Waals surface area contributed by atoms with E-state index < -0.39 is 0 Å². The lowest BCUT2D eigenvalue weighted by molar-refractivity contribution is -0.146. The molecule has 1 saturated heterocycles. The lowest BCUT2D eigenvalue weighted by Crippen LogP contribution is -2.45. The molecule has 5 heteroatoms. The SMILES string of the molecule is CCOC(=O)C(CCN(C)C1CCOC1C)NC(C)C. The van der Waals surface area contributed by atoms with Gasteiger partial charge < -0.3 is 19.7 Å². The fraction of sp³-hybridized carbons (Fsp3) is 0.933. The molecule has 0 aromatic rings. The smallest absolute Gasteiger partial charge is 0.323 e. The van der Waals surface area contributed by atoms with E-state index >= 15 is 0 Å². The number of ether oxygens (including phenoxy) is 2. The zero-order valence-electron chi connectivity index (χ0n) is 13.5. The number of hydrogen-bond donors (Lipinski definition) is 1. The third-order valence-electron chi connectivity index (χ3n) is 3.78. The molecule has 3 unspecified atom stereocenters. The molecule has 0 aromatic carbocycles. The van der Waals surface area contributed by atoms with Crippen molar-refractivity contribution in [1.29, 1.82) is 0 Å². The van der Waals surface area contributed by atoms with Gasteiger partial charge in [-0.05, 0) is 33.7 Å². The van der Waals surface area contributed by atoms with E-state index in [0.29, 0.717) is 12.6 Å². The van der Waals surface area contributed by atoms with E-state index in [1.54, 1.807) is 0 Å². The predicted molar refractivity (Wildman–Crippen MR) is 79.8 cm³/mol. The Morgan fingerprint density at radius 2 is 2.20 bits per heavy atom. The summed E-state index contributed by atoms with van der Waals surface area (Å²) in [5.74, 6) is -0.148. The van der Waals surface area contributed by atoms with Crippen molar-refractivity contribution < 1.29 is 14.3 Å². The second kappa shape index (κ2) is 8.60. The molecule has 1 aliphatic heterocycles. The highest BCUT2D eigenvalue weighted by molar-refractivity contribution is 5.75. The van der Waals surface area contributed by atoms with Gasteiger partial charge in [-0.25, -0.2) is 0 Å². The van der Waals surface area contributed by atoms with E-state index in [0.717, 1.165) is 26.0 Å². The van der Waals surface area contributed by atoms with Crippen molar-refractivity contribution in [1.82, 2.24) is 10.2 Å². The van der Waals surface area contributed by atoms with Gasteiger partial charge in [0.05, 0.1) is 12.7 Å². The molecule has 0 saturated carbocycles. The van der Waals surface area contributed by atoms with Gasteiger partial charge in [0.25, 0.3) is 0 Å². The van der Waals surface area contributed by atoms with Crippen molar-refractivity contribution in [3.8, 4) is 0 Å². The molecule has 1 fully saturated rings. The molecule has 118 valence electrons. The van der Waals surface area contributed by atoms with E-state index in [9.17, 15) is 4.79 Å². The molecule has 0 radical (unpaired) electrons. The Bertz CT molecular complexity index is 297. The highest BCUT2D eigenvalue weighted by Gasteiger charge is 2.29. The molecular formula is C15H30N2O3. The minimum absolute atomic E-state index is 0.148. The van der Waals surface area contributed by atoms with Gasteiger partial charge in [0.15, 0.2) is 0 Å². The molecular weight excluding hydrogens is 256 g/mol. The monoisotopic (exact) mass is 286 g/mol. The van der Waals surface area contributed by atoms with Crippen LogP contribution in [0.15, 0.2) is 0 Å². The summed E-state index contributed by atoms with van der Waals surface area (Å²) in [5, 5.41) is 3.29. The van der Waals surface area contributed by atoms with Gasteiger partial charge >= 0.3 is 5.97 Å². The van der Waals surface area contributed by atoms with Crippen LogP contribution in [0.3, 0.4) is 0 Å². The van der Waals surface area contributed by atoms with E-state index in [-0.39, 0.29) is 24.2 Å². The van der Waals surface area contributed by atoms with E-state index in [4.69, 9.17) is 9.47 Å². The maximum atomic E-state index is 11.9. The highest BCUT2D eigenvalue weighted by atomic mass is 16.5. The quantitative estimate of drug-likeness (QED) is 0.684. The van der Waals surface area contributed by atoms with E-state index in [2.05, 4.69) is 24.2 Å². The second-order valence-corrected chi connectivity index (χ2v) is 5.83. The number of esters is 1. The first kappa shape index (κ1) is 17.4. The minimum Gasteiger partial charge on any atom is -0.465 e. The topological polar surface area (TPSA) is 50.8 Å². The molecule has 3 atom stereocenters. The number of hydrogen-bond acceptors (Lipinski definition) is 5. The standard InChI is InChI=1S/C15H30N2O3/c1-6-19-15(18)13(16-11(2)3)7-9-17(5)14-8-10-20-12(14)4/h11-14,16H,6-10H2,1-5H3. The first-order valence-electron chi connectivity index (χ1n) is 7.70. The van der Waals surface area contributed by atoms with Crippen LogP contribution < -0.4 is 5.32 Å². The Morgan fingerprint density at radius 1 is 1.50 bits per heavy atom. The van der Waals surface area contributed by atoms with E-state index in [1.807, 2.05) is 20.8 Å². The van der Waals surface area contributed by atoms with Gasteiger partial charge in [-0.3, -0.25) is 4.79 Å². The second-order valence-electron chi connectivity index (χ2n) is 5.83. The number of nitrogens with one attached hydrogen (secondary N) is 1. The molecule has 0 spiro atoms. The van der Waals surface area contributed by atoms with Crippen LogP contribution in [0.25, 0.3) is 0 Å². The summed E-state index contributed by atoms with van der Waals surface area (Å²) in [7, 11) is 2.10. The first-order chi connectivity index (χ1) is 9.45. The lowest BCUT2D eigenvalue weighted by atomic mass is 10.1. The van der Waals surface area contributed by atoms with Crippen molar-refractivity contribution in [3.05, 3.63) is 0 Å². The molecule has 0 aromatic heterocycles. The van der Waals surface area contributed by atoms with Crippen LogP contribution in [-0.4, -0.2) is 61.9 Å². The summed E-state index contributed by atoms with van der Waals surface area (Å²) in [6.45, 7) is 10.2. The number of carbonyl (C=O) groups excluding carboxylic acids is 1. The van der Waals surface area contributed by atoms with Gasteiger partial charge in [0.2, 0.25) is 0 Å².